The van der Waals surface area contributed by atoms with Crippen LogP contribution in [0.5, 0.6) is 5.75 Å². The lowest BCUT2D eigenvalue weighted by molar-refractivity contribution is 0.298. The molecule has 0 radical (unpaired) electrons. The Morgan fingerprint density at radius 1 is 1.29 bits per heavy atom. The number of anilines is 1. The second-order valence-electron chi connectivity index (χ2n) is 3.63. The molecular weight excluding hydrogens is 282 g/mol. The minimum Gasteiger partial charge on any atom is -0.487 e. The molecule has 0 saturated heterocycles. The minimum atomic E-state index is 0.380. The van der Waals surface area contributed by atoms with Gasteiger partial charge in [-0.05, 0) is 24.6 Å². The van der Waals surface area contributed by atoms with E-state index >= 15 is 0 Å². The molecule has 1 heterocycles. The lowest BCUT2D eigenvalue weighted by atomic mass is 10.2. The molecule has 0 saturated carbocycles. The van der Waals surface area contributed by atoms with Crippen LogP contribution in [0.2, 0.25) is 0 Å². The zero-order valence-electron chi connectivity index (χ0n) is 9.35. The zero-order valence-corrected chi connectivity index (χ0v) is 10.9. The Hall–Kier alpha value is -1.62. The zero-order chi connectivity index (χ0) is 12.3. The summed E-state index contributed by atoms with van der Waals surface area (Å²) in [6.07, 6.45) is 3.13. The van der Waals surface area contributed by atoms with E-state index in [0.717, 1.165) is 21.5 Å². The van der Waals surface area contributed by atoms with Gasteiger partial charge in [-0.2, -0.15) is 0 Å². The first-order valence-electron chi connectivity index (χ1n) is 5.10. The van der Waals surface area contributed by atoms with Crippen LogP contribution in [0.3, 0.4) is 0 Å². The third-order valence-corrected chi connectivity index (χ3v) is 2.74. The van der Waals surface area contributed by atoms with E-state index in [-0.39, 0.29) is 0 Å². The van der Waals surface area contributed by atoms with Crippen molar-refractivity contribution >= 4 is 21.7 Å². The summed E-state index contributed by atoms with van der Waals surface area (Å²) in [6.45, 7) is 2.38. The van der Waals surface area contributed by atoms with Crippen molar-refractivity contribution in [3.8, 4) is 5.75 Å². The van der Waals surface area contributed by atoms with E-state index < -0.39 is 0 Å². The number of aromatic nitrogens is 2. The molecule has 0 bridgehead atoms. The first-order chi connectivity index (χ1) is 8.15. The Balaban J connectivity index is 2.07. The topological polar surface area (TPSA) is 61.0 Å². The molecule has 2 aromatic rings. The molecule has 0 aliphatic carbocycles. The van der Waals surface area contributed by atoms with Gasteiger partial charge in [-0.1, -0.05) is 22.0 Å². The first kappa shape index (κ1) is 11.9. The number of rotatable bonds is 3. The normalized spacial score (nSPS) is 10.2. The van der Waals surface area contributed by atoms with Gasteiger partial charge in [-0.25, -0.2) is 4.98 Å². The Morgan fingerprint density at radius 3 is 2.82 bits per heavy atom. The monoisotopic (exact) mass is 293 g/mol. The summed E-state index contributed by atoms with van der Waals surface area (Å²) in [7, 11) is 0. The molecule has 5 heteroatoms. The van der Waals surface area contributed by atoms with Gasteiger partial charge in [0.15, 0.2) is 0 Å². The maximum atomic E-state index is 5.67. The number of ether oxygens (including phenoxy) is 1. The van der Waals surface area contributed by atoms with E-state index in [1.54, 1.807) is 6.20 Å². The molecule has 0 spiro atoms. The molecular formula is C12H12BrN3O. The Kier molecular flexibility index (Phi) is 3.58. The summed E-state index contributed by atoms with van der Waals surface area (Å²) in [6, 6.07) is 5.90. The molecule has 4 nitrogen and oxygen atoms in total. The van der Waals surface area contributed by atoms with Crippen molar-refractivity contribution < 1.29 is 4.74 Å². The summed E-state index contributed by atoms with van der Waals surface area (Å²) >= 11 is 3.41. The number of halogens is 1. The van der Waals surface area contributed by atoms with Gasteiger partial charge in [0.05, 0.1) is 18.1 Å². The lowest BCUT2D eigenvalue weighted by Gasteiger charge is -2.08. The van der Waals surface area contributed by atoms with Crippen molar-refractivity contribution in [1.82, 2.24) is 9.97 Å². The predicted octanol–water partition coefficient (Wildman–Crippen LogP) is 2.71. The van der Waals surface area contributed by atoms with Crippen LogP contribution < -0.4 is 10.5 Å². The highest BCUT2D eigenvalue weighted by Crippen LogP contribution is 2.23. The van der Waals surface area contributed by atoms with Crippen LogP contribution in [0.25, 0.3) is 0 Å². The number of nitrogens with zero attached hydrogens (tertiary/aromatic N) is 2. The number of aryl methyl sites for hydroxylation is 1. The van der Waals surface area contributed by atoms with E-state index in [1.165, 1.54) is 6.20 Å². The highest BCUT2D eigenvalue weighted by Gasteiger charge is 2.02. The molecule has 0 unspecified atom stereocenters. The van der Waals surface area contributed by atoms with Crippen LogP contribution in [-0.2, 0) is 6.61 Å². The van der Waals surface area contributed by atoms with Crippen molar-refractivity contribution in [1.29, 1.82) is 0 Å². The number of hydrogen-bond acceptors (Lipinski definition) is 4. The Labute approximate surface area is 108 Å². The van der Waals surface area contributed by atoms with Crippen LogP contribution in [0.1, 0.15) is 11.3 Å². The van der Waals surface area contributed by atoms with Crippen molar-refractivity contribution in [2.24, 2.45) is 0 Å². The van der Waals surface area contributed by atoms with E-state index in [4.69, 9.17) is 10.5 Å². The molecule has 0 aliphatic rings. The van der Waals surface area contributed by atoms with E-state index in [1.807, 2.05) is 25.1 Å². The van der Waals surface area contributed by atoms with E-state index in [9.17, 15) is 0 Å². The Morgan fingerprint density at radius 2 is 2.12 bits per heavy atom. The largest absolute Gasteiger partial charge is 0.487 e. The number of hydrogen-bond donors (Lipinski definition) is 1. The third kappa shape index (κ3) is 3.17. The average Bonchev–Trinajstić information content (AvgIpc) is 2.32. The van der Waals surface area contributed by atoms with Gasteiger partial charge in [0.2, 0.25) is 0 Å². The van der Waals surface area contributed by atoms with Crippen molar-refractivity contribution in [2.75, 3.05) is 5.73 Å². The third-order valence-electron chi connectivity index (χ3n) is 2.25. The molecule has 88 valence electrons. The smallest absolute Gasteiger partial charge is 0.141 e. The maximum Gasteiger partial charge on any atom is 0.141 e. The summed E-state index contributed by atoms with van der Waals surface area (Å²) in [5.74, 6) is 1.24. The second kappa shape index (κ2) is 5.14. The lowest BCUT2D eigenvalue weighted by Crippen LogP contribution is -2.01. The molecule has 0 amide bonds. The van der Waals surface area contributed by atoms with Gasteiger partial charge in [-0.3, -0.25) is 4.98 Å². The van der Waals surface area contributed by atoms with E-state index in [2.05, 4.69) is 25.9 Å². The SMILES string of the molecule is Cc1ccc(Br)cc1OCc1cnc(N)cn1. The summed E-state index contributed by atoms with van der Waals surface area (Å²) < 4.78 is 6.66. The van der Waals surface area contributed by atoms with E-state index in [0.29, 0.717) is 12.4 Å². The van der Waals surface area contributed by atoms with Crippen LogP contribution in [0, 0.1) is 6.92 Å². The summed E-state index contributed by atoms with van der Waals surface area (Å²) in [4.78, 5) is 8.08. The number of benzene rings is 1. The van der Waals surface area contributed by atoms with Crippen LogP contribution >= 0.6 is 15.9 Å². The number of nitrogens with two attached hydrogens (primary N) is 1. The molecule has 2 N–H and O–H groups in total. The summed E-state index contributed by atoms with van der Waals surface area (Å²) in [5, 5.41) is 0. The molecule has 2 rings (SSSR count). The fraction of sp³-hybridized carbons (Fsp3) is 0.167. The molecule has 0 fully saturated rings. The van der Waals surface area contributed by atoms with Gasteiger partial charge in [0.1, 0.15) is 18.2 Å². The van der Waals surface area contributed by atoms with Crippen LogP contribution in [0.15, 0.2) is 35.1 Å². The number of nitrogen functional groups attached to an aromatic ring is 1. The molecule has 17 heavy (non-hydrogen) atoms. The van der Waals surface area contributed by atoms with Crippen molar-refractivity contribution in [3.05, 3.63) is 46.3 Å². The van der Waals surface area contributed by atoms with Crippen molar-refractivity contribution in [3.63, 3.8) is 0 Å². The summed E-state index contributed by atoms with van der Waals surface area (Å²) in [5.41, 5.74) is 7.29. The van der Waals surface area contributed by atoms with Gasteiger partial charge >= 0.3 is 0 Å². The predicted molar refractivity (Wildman–Crippen MR) is 69.7 cm³/mol. The van der Waals surface area contributed by atoms with Gasteiger partial charge in [0, 0.05) is 4.47 Å². The van der Waals surface area contributed by atoms with Crippen LogP contribution in [-0.4, -0.2) is 9.97 Å². The molecule has 0 atom stereocenters. The van der Waals surface area contributed by atoms with Gasteiger partial charge < -0.3 is 10.5 Å². The minimum absolute atomic E-state index is 0.380. The fourth-order valence-corrected chi connectivity index (χ4v) is 1.66. The second-order valence-corrected chi connectivity index (χ2v) is 4.55. The maximum absolute atomic E-state index is 5.67. The van der Waals surface area contributed by atoms with Crippen molar-refractivity contribution in [2.45, 2.75) is 13.5 Å². The van der Waals surface area contributed by atoms with Gasteiger partial charge in [-0.15, -0.1) is 0 Å². The molecule has 1 aromatic carbocycles. The highest BCUT2D eigenvalue weighted by molar-refractivity contribution is 9.10. The van der Waals surface area contributed by atoms with Gasteiger partial charge in [0.25, 0.3) is 0 Å². The average molecular weight is 294 g/mol. The van der Waals surface area contributed by atoms with Crippen LogP contribution in [0.4, 0.5) is 5.82 Å². The molecule has 0 aliphatic heterocycles. The first-order valence-corrected chi connectivity index (χ1v) is 5.90. The quantitative estimate of drug-likeness (QED) is 0.945. The Bertz CT molecular complexity index is 514. The fourth-order valence-electron chi connectivity index (χ4n) is 1.32. The standard InChI is InChI=1S/C12H12BrN3O/c1-8-2-3-9(13)4-11(8)17-7-10-5-16-12(14)6-15-10/h2-6H,7H2,1H3,(H2,14,16). The molecule has 1 aromatic heterocycles. The highest BCUT2D eigenvalue weighted by atomic mass is 79.9.